The van der Waals surface area contributed by atoms with E-state index in [-0.39, 0.29) is 23.7 Å². The molecule has 0 unspecified atom stereocenters. The summed E-state index contributed by atoms with van der Waals surface area (Å²) in [7, 11) is 0. The Labute approximate surface area is 214 Å². The number of rotatable bonds is 5. The molecule has 1 aliphatic heterocycles. The lowest BCUT2D eigenvalue weighted by atomic mass is 9.55. The van der Waals surface area contributed by atoms with Gasteiger partial charge in [0.05, 0.1) is 11.8 Å². The molecule has 3 atom stereocenters. The maximum absolute atomic E-state index is 13.7. The molecule has 0 saturated carbocycles. The second kappa shape index (κ2) is 8.69. The van der Waals surface area contributed by atoms with Crippen molar-refractivity contribution in [2.24, 2.45) is 11.8 Å². The Balaban J connectivity index is 1.21. The molecule has 1 N–H and O–H groups in total. The van der Waals surface area contributed by atoms with Gasteiger partial charge in [0, 0.05) is 17.5 Å². The smallest absolute Gasteiger partial charge is 0.329 e. The molecule has 1 fully saturated rings. The Morgan fingerprint density at radius 2 is 1.27 bits per heavy atom. The second-order valence-corrected chi connectivity index (χ2v) is 10.0. The first-order chi connectivity index (χ1) is 17.9. The Bertz CT molecular complexity index is 1330. The van der Waals surface area contributed by atoms with Crippen LogP contribution in [-0.2, 0) is 23.9 Å². The van der Waals surface area contributed by atoms with Crippen molar-refractivity contribution in [2.45, 2.75) is 31.7 Å². The fraction of sp³-hybridized carbons (Fsp3) is 0.267. The van der Waals surface area contributed by atoms with E-state index in [4.69, 9.17) is 4.74 Å². The van der Waals surface area contributed by atoms with E-state index in [2.05, 4.69) is 5.32 Å². The first kappa shape index (κ1) is 23.2. The van der Waals surface area contributed by atoms with Gasteiger partial charge in [-0.15, -0.1) is 0 Å². The van der Waals surface area contributed by atoms with Crippen molar-refractivity contribution in [1.29, 1.82) is 0 Å². The number of amides is 3. The van der Waals surface area contributed by atoms with Crippen LogP contribution in [0.3, 0.4) is 0 Å². The molecule has 186 valence electrons. The number of esters is 1. The van der Waals surface area contributed by atoms with E-state index in [1.54, 1.807) is 12.1 Å². The number of nitrogens with zero attached hydrogens (tertiary/aromatic N) is 1. The molecular formula is C30H26N2O5. The SMILES string of the molecule is Cc1ccc(NC(=O)COC(=O)[C@H](C)N2C(=O)[C@@H]3C4c5ccccc5C(c5ccccc54)[C@H]3C2=O)cc1. The molecule has 4 aliphatic rings. The summed E-state index contributed by atoms with van der Waals surface area (Å²) < 4.78 is 5.22. The second-order valence-electron chi connectivity index (χ2n) is 10.0. The monoisotopic (exact) mass is 494 g/mol. The Morgan fingerprint density at radius 3 is 1.73 bits per heavy atom. The number of ether oxygens (including phenoxy) is 1. The highest BCUT2D eigenvalue weighted by Gasteiger charge is 2.62. The summed E-state index contributed by atoms with van der Waals surface area (Å²) in [6.45, 7) is 2.91. The van der Waals surface area contributed by atoms with Gasteiger partial charge < -0.3 is 10.1 Å². The van der Waals surface area contributed by atoms with Crippen molar-refractivity contribution in [3.05, 3.63) is 101 Å². The zero-order valence-electron chi connectivity index (χ0n) is 20.5. The maximum atomic E-state index is 13.7. The number of benzene rings is 3. The number of carbonyl (C=O) groups is 4. The third kappa shape index (κ3) is 3.56. The van der Waals surface area contributed by atoms with Gasteiger partial charge in [0.15, 0.2) is 6.61 Å². The predicted octanol–water partition coefficient (Wildman–Crippen LogP) is 3.76. The van der Waals surface area contributed by atoms with E-state index >= 15 is 0 Å². The number of anilines is 1. The summed E-state index contributed by atoms with van der Waals surface area (Å²) in [6, 6.07) is 22.0. The maximum Gasteiger partial charge on any atom is 0.329 e. The number of hydrogen-bond acceptors (Lipinski definition) is 5. The fourth-order valence-electron chi connectivity index (χ4n) is 6.28. The van der Waals surface area contributed by atoms with E-state index in [1.807, 2.05) is 67.6 Å². The zero-order valence-corrected chi connectivity index (χ0v) is 20.5. The predicted molar refractivity (Wildman–Crippen MR) is 136 cm³/mol. The van der Waals surface area contributed by atoms with E-state index in [0.717, 1.165) is 32.7 Å². The first-order valence-corrected chi connectivity index (χ1v) is 12.4. The number of nitrogens with one attached hydrogen (secondary N) is 1. The van der Waals surface area contributed by atoms with Gasteiger partial charge in [0.2, 0.25) is 11.8 Å². The summed E-state index contributed by atoms with van der Waals surface area (Å²) >= 11 is 0. The molecular weight excluding hydrogens is 468 g/mol. The van der Waals surface area contributed by atoms with Gasteiger partial charge in [-0.25, -0.2) is 4.79 Å². The average molecular weight is 495 g/mol. The van der Waals surface area contributed by atoms with Gasteiger partial charge in [0.25, 0.3) is 5.91 Å². The van der Waals surface area contributed by atoms with Crippen molar-refractivity contribution in [2.75, 3.05) is 11.9 Å². The summed E-state index contributed by atoms with van der Waals surface area (Å²) in [4.78, 5) is 53.7. The molecule has 37 heavy (non-hydrogen) atoms. The third-order valence-electron chi connectivity index (χ3n) is 7.89. The van der Waals surface area contributed by atoms with E-state index in [9.17, 15) is 19.2 Å². The van der Waals surface area contributed by atoms with Crippen LogP contribution in [0, 0.1) is 18.8 Å². The minimum atomic E-state index is -1.14. The molecule has 7 rings (SSSR count). The number of hydrogen-bond donors (Lipinski definition) is 1. The van der Waals surface area contributed by atoms with Crippen LogP contribution in [0.5, 0.6) is 0 Å². The molecule has 7 heteroatoms. The normalized spacial score (nSPS) is 23.7. The fourth-order valence-corrected chi connectivity index (χ4v) is 6.28. The van der Waals surface area contributed by atoms with Gasteiger partial charge in [-0.2, -0.15) is 0 Å². The highest BCUT2D eigenvalue weighted by atomic mass is 16.5. The first-order valence-electron chi connectivity index (χ1n) is 12.4. The lowest BCUT2D eigenvalue weighted by Crippen LogP contribution is -2.45. The van der Waals surface area contributed by atoms with E-state index in [0.29, 0.717) is 5.69 Å². The van der Waals surface area contributed by atoms with Crippen LogP contribution in [0.2, 0.25) is 0 Å². The van der Waals surface area contributed by atoms with Crippen molar-refractivity contribution in [3.63, 3.8) is 0 Å². The van der Waals surface area contributed by atoms with Crippen molar-refractivity contribution in [3.8, 4) is 0 Å². The van der Waals surface area contributed by atoms with Crippen LogP contribution in [-0.4, -0.2) is 41.2 Å². The highest BCUT2D eigenvalue weighted by Crippen LogP contribution is 2.61. The minimum Gasteiger partial charge on any atom is -0.454 e. The van der Waals surface area contributed by atoms with Gasteiger partial charge in [-0.1, -0.05) is 66.2 Å². The summed E-state index contributed by atoms with van der Waals surface area (Å²) in [5.74, 6) is -3.63. The molecule has 3 aromatic rings. The van der Waals surface area contributed by atoms with Crippen LogP contribution in [0.15, 0.2) is 72.8 Å². The molecule has 1 heterocycles. The molecule has 7 nitrogen and oxygen atoms in total. The Kier molecular flexibility index (Phi) is 5.44. The largest absolute Gasteiger partial charge is 0.454 e. The topological polar surface area (TPSA) is 92.8 Å². The number of imide groups is 1. The van der Waals surface area contributed by atoms with Crippen LogP contribution < -0.4 is 5.32 Å². The highest BCUT2D eigenvalue weighted by molar-refractivity contribution is 6.10. The van der Waals surface area contributed by atoms with Gasteiger partial charge in [-0.05, 0) is 48.2 Å². The lowest BCUT2D eigenvalue weighted by Gasteiger charge is -2.45. The van der Waals surface area contributed by atoms with Gasteiger partial charge in [0.1, 0.15) is 6.04 Å². The van der Waals surface area contributed by atoms with Crippen LogP contribution in [0.25, 0.3) is 0 Å². The lowest BCUT2D eigenvalue weighted by molar-refractivity contribution is -0.159. The summed E-state index contributed by atoms with van der Waals surface area (Å²) in [6.07, 6.45) is 0. The molecule has 3 aliphatic carbocycles. The third-order valence-corrected chi connectivity index (χ3v) is 7.89. The molecule has 0 aromatic heterocycles. The zero-order chi connectivity index (χ0) is 25.8. The van der Waals surface area contributed by atoms with E-state index in [1.165, 1.54) is 6.92 Å². The molecule has 0 radical (unpaired) electrons. The number of carbonyl (C=O) groups excluding carboxylic acids is 4. The summed E-state index contributed by atoms with van der Waals surface area (Å²) in [5.41, 5.74) is 5.91. The Morgan fingerprint density at radius 1 is 0.811 bits per heavy atom. The Hall–Kier alpha value is -4.26. The van der Waals surface area contributed by atoms with Gasteiger partial charge in [-0.3, -0.25) is 19.3 Å². The standard InChI is InChI=1S/C30H26N2O5/c1-16-11-13-18(14-12-16)31-23(33)15-37-30(36)17(2)32-28(34)26-24-19-7-3-4-8-20(19)25(27(26)29(32)35)22-10-6-5-9-21(22)24/h3-14,17,24-27H,15H2,1-2H3,(H,31,33)/t17-,24?,25?,26+,27+/m0/s1. The number of aryl methyl sites for hydroxylation is 1. The number of likely N-dealkylation sites (tertiary alicyclic amines) is 1. The average Bonchev–Trinajstić information content (AvgIpc) is 3.18. The quantitative estimate of drug-likeness (QED) is 0.431. The van der Waals surface area contributed by atoms with Crippen LogP contribution in [0.1, 0.15) is 46.6 Å². The molecule has 0 spiro atoms. The van der Waals surface area contributed by atoms with Gasteiger partial charge >= 0.3 is 5.97 Å². The van der Waals surface area contributed by atoms with Crippen molar-refractivity contribution >= 4 is 29.4 Å². The minimum absolute atomic E-state index is 0.243. The van der Waals surface area contributed by atoms with Crippen molar-refractivity contribution < 1.29 is 23.9 Å². The molecule has 3 amide bonds. The van der Waals surface area contributed by atoms with Crippen LogP contribution >= 0.6 is 0 Å². The molecule has 1 saturated heterocycles. The van der Waals surface area contributed by atoms with E-state index < -0.39 is 36.4 Å². The molecule has 3 aromatic carbocycles. The molecule has 2 bridgehead atoms. The van der Waals surface area contributed by atoms with Crippen molar-refractivity contribution in [1.82, 2.24) is 4.90 Å². The summed E-state index contributed by atoms with van der Waals surface area (Å²) in [5, 5.41) is 2.67. The van der Waals surface area contributed by atoms with Crippen LogP contribution in [0.4, 0.5) is 5.69 Å².